The van der Waals surface area contributed by atoms with Crippen molar-refractivity contribution in [2.75, 3.05) is 0 Å². The second kappa shape index (κ2) is 2.51. The summed E-state index contributed by atoms with van der Waals surface area (Å²) >= 11 is 0. The molecule has 0 saturated heterocycles. The average Bonchev–Trinajstić information content (AvgIpc) is 2.36. The summed E-state index contributed by atoms with van der Waals surface area (Å²) in [5, 5.41) is 12.3. The van der Waals surface area contributed by atoms with Crippen molar-refractivity contribution in [2.45, 2.75) is 13.0 Å². The molecule has 0 radical (unpaired) electrons. The Morgan fingerprint density at radius 3 is 2.90 bits per heavy atom. The Balaban J connectivity index is 2.77. The zero-order valence-electron chi connectivity index (χ0n) is 5.56. The molecular formula is C6H8N2O2. The summed E-state index contributed by atoms with van der Waals surface area (Å²) in [7, 11) is 0. The molecule has 54 valence electrons. The smallest absolute Gasteiger partial charge is 0.328 e. The van der Waals surface area contributed by atoms with Crippen LogP contribution in [0.4, 0.5) is 0 Å². The lowest BCUT2D eigenvalue weighted by Gasteiger charge is -2.04. The van der Waals surface area contributed by atoms with Crippen LogP contribution in [0.15, 0.2) is 18.5 Å². The number of carboxylic acids is 1. The van der Waals surface area contributed by atoms with Gasteiger partial charge in [-0.05, 0) is 13.0 Å². The Morgan fingerprint density at radius 2 is 2.50 bits per heavy atom. The van der Waals surface area contributed by atoms with E-state index in [2.05, 4.69) is 5.10 Å². The minimum Gasteiger partial charge on any atom is -0.480 e. The van der Waals surface area contributed by atoms with E-state index in [0.29, 0.717) is 0 Å². The minimum absolute atomic E-state index is 0.574. The van der Waals surface area contributed by atoms with Gasteiger partial charge in [-0.25, -0.2) is 4.79 Å². The predicted octanol–water partition coefficient (Wildman–Crippen LogP) is 0.529. The summed E-state index contributed by atoms with van der Waals surface area (Å²) in [6.45, 7) is 1.58. The van der Waals surface area contributed by atoms with Crippen LogP contribution in [-0.4, -0.2) is 20.9 Å². The molecule has 1 aromatic heterocycles. The van der Waals surface area contributed by atoms with Crippen molar-refractivity contribution in [2.24, 2.45) is 0 Å². The normalized spacial score (nSPS) is 12.9. The number of aliphatic carboxylic acids is 1. The molecule has 1 heterocycles. The third kappa shape index (κ3) is 1.15. The van der Waals surface area contributed by atoms with Crippen molar-refractivity contribution in [3.8, 4) is 0 Å². The van der Waals surface area contributed by atoms with Crippen LogP contribution in [-0.2, 0) is 4.79 Å². The molecular weight excluding hydrogens is 132 g/mol. The summed E-state index contributed by atoms with van der Waals surface area (Å²) in [6, 6.07) is 1.12. The van der Waals surface area contributed by atoms with Crippen LogP contribution >= 0.6 is 0 Å². The summed E-state index contributed by atoms with van der Waals surface area (Å²) in [6.07, 6.45) is 3.18. The highest BCUT2D eigenvalue weighted by Gasteiger charge is 2.11. The topological polar surface area (TPSA) is 55.1 Å². The van der Waals surface area contributed by atoms with Gasteiger partial charge in [0.2, 0.25) is 0 Å². The molecule has 1 atom stereocenters. The van der Waals surface area contributed by atoms with Gasteiger partial charge in [0.15, 0.2) is 0 Å². The van der Waals surface area contributed by atoms with Gasteiger partial charge in [-0.15, -0.1) is 0 Å². The molecule has 0 aromatic carbocycles. The molecule has 1 unspecified atom stereocenters. The Labute approximate surface area is 58.1 Å². The van der Waals surface area contributed by atoms with Crippen molar-refractivity contribution in [1.82, 2.24) is 9.78 Å². The fourth-order valence-corrected chi connectivity index (χ4v) is 0.623. The molecule has 0 spiro atoms. The highest BCUT2D eigenvalue weighted by molar-refractivity contribution is 5.71. The first kappa shape index (κ1) is 6.80. The summed E-state index contributed by atoms with van der Waals surface area (Å²) in [5.41, 5.74) is 0. The Bertz CT molecular complexity index is 218. The second-order valence-corrected chi connectivity index (χ2v) is 2.00. The van der Waals surface area contributed by atoms with Gasteiger partial charge in [0.1, 0.15) is 6.04 Å². The highest BCUT2D eigenvalue weighted by atomic mass is 16.4. The third-order valence-corrected chi connectivity index (χ3v) is 1.28. The van der Waals surface area contributed by atoms with Crippen molar-refractivity contribution < 1.29 is 9.90 Å². The molecule has 4 heteroatoms. The number of rotatable bonds is 2. The second-order valence-electron chi connectivity index (χ2n) is 2.00. The van der Waals surface area contributed by atoms with Crippen LogP contribution in [0.2, 0.25) is 0 Å². The maximum atomic E-state index is 10.3. The Hall–Kier alpha value is -1.32. The van der Waals surface area contributed by atoms with E-state index < -0.39 is 12.0 Å². The van der Waals surface area contributed by atoms with E-state index >= 15 is 0 Å². The zero-order valence-corrected chi connectivity index (χ0v) is 5.56. The van der Waals surface area contributed by atoms with E-state index in [-0.39, 0.29) is 0 Å². The first-order valence-electron chi connectivity index (χ1n) is 2.94. The molecule has 0 amide bonds. The van der Waals surface area contributed by atoms with Gasteiger partial charge in [0, 0.05) is 12.4 Å². The largest absolute Gasteiger partial charge is 0.480 e. The lowest BCUT2D eigenvalue weighted by Crippen LogP contribution is -2.15. The van der Waals surface area contributed by atoms with Gasteiger partial charge in [0.05, 0.1) is 0 Å². The number of aromatic nitrogens is 2. The number of carbonyl (C=O) groups is 1. The fourth-order valence-electron chi connectivity index (χ4n) is 0.623. The van der Waals surface area contributed by atoms with Gasteiger partial charge < -0.3 is 5.11 Å². The highest BCUT2D eigenvalue weighted by Crippen LogP contribution is 2.01. The van der Waals surface area contributed by atoms with Crippen molar-refractivity contribution >= 4 is 5.97 Å². The standard InChI is InChI=1S/C6H8N2O2/c1-5(6(9)10)8-4-2-3-7-8/h2-5H,1H3,(H,9,10). The summed E-state index contributed by atoms with van der Waals surface area (Å²) in [4.78, 5) is 10.3. The first-order chi connectivity index (χ1) is 4.72. The number of hydrogen-bond acceptors (Lipinski definition) is 2. The first-order valence-corrected chi connectivity index (χ1v) is 2.94. The maximum Gasteiger partial charge on any atom is 0.328 e. The number of carboxylic acid groups (broad SMARTS) is 1. The van der Waals surface area contributed by atoms with Crippen molar-refractivity contribution in [3.63, 3.8) is 0 Å². The van der Waals surface area contributed by atoms with E-state index in [1.54, 1.807) is 25.4 Å². The van der Waals surface area contributed by atoms with E-state index in [0.717, 1.165) is 0 Å². The summed E-state index contributed by atoms with van der Waals surface area (Å²) in [5.74, 6) is -0.872. The molecule has 0 fully saturated rings. The Kier molecular flexibility index (Phi) is 1.71. The molecule has 0 bridgehead atoms. The molecule has 1 aromatic rings. The fraction of sp³-hybridized carbons (Fsp3) is 0.333. The molecule has 10 heavy (non-hydrogen) atoms. The maximum absolute atomic E-state index is 10.3. The van der Waals surface area contributed by atoms with Gasteiger partial charge in [-0.3, -0.25) is 4.68 Å². The van der Waals surface area contributed by atoms with E-state index in [1.165, 1.54) is 4.68 Å². The SMILES string of the molecule is CC(C(=O)O)n1cccn1. The molecule has 1 rings (SSSR count). The van der Waals surface area contributed by atoms with Crippen LogP contribution in [0.25, 0.3) is 0 Å². The van der Waals surface area contributed by atoms with E-state index in [4.69, 9.17) is 5.11 Å². The van der Waals surface area contributed by atoms with Crippen LogP contribution in [0.3, 0.4) is 0 Å². The Morgan fingerprint density at radius 1 is 1.80 bits per heavy atom. The third-order valence-electron chi connectivity index (χ3n) is 1.28. The minimum atomic E-state index is -0.872. The van der Waals surface area contributed by atoms with Gasteiger partial charge in [-0.2, -0.15) is 5.10 Å². The van der Waals surface area contributed by atoms with Crippen molar-refractivity contribution in [3.05, 3.63) is 18.5 Å². The monoisotopic (exact) mass is 140 g/mol. The number of nitrogens with zero attached hydrogens (tertiary/aromatic N) is 2. The molecule has 0 aliphatic heterocycles. The van der Waals surface area contributed by atoms with Crippen LogP contribution < -0.4 is 0 Å². The molecule has 0 aliphatic rings. The van der Waals surface area contributed by atoms with Crippen LogP contribution in [0.5, 0.6) is 0 Å². The predicted molar refractivity (Wildman–Crippen MR) is 34.6 cm³/mol. The molecule has 1 N–H and O–H groups in total. The van der Waals surface area contributed by atoms with E-state index in [1.807, 2.05) is 0 Å². The lowest BCUT2D eigenvalue weighted by atomic mass is 10.4. The van der Waals surface area contributed by atoms with Gasteiger partial charge >= 0.3 is 5.97 Å². The van der Waals surface area contributed by atoms with Gasteiger partial charge in [-0.1, -0.05) is 0 Å². The number of hydrogen-bond donors (Lipinski definition) is 1. The average molecular weight is 140 g/mol. The quantitative estimate of drug-likeness (QED) is 0.651. The lowest BCUT2D eigenvalue weighted by molar-refractivity contribution is -0.140. The van der Waals surface area contributed by atoms with Gasteiger partial charge in [0.25, 0.3) is 0 Å². The van der Waals surface area contributed by atoms with Crippen molar-refractivity contribution in [1.29, 1.82) is 0 Å². The zero-order chi connectivity index (χ0) is 7.56. The summed E-state index contributed by atoms with van der Waals surface area (Å²) < 4.78 is 1.39. The molecule has 0 aliphatic carbocycles. The molecule has 4 nitrogen and oxygen atoms in total. The molecule has 0 saturated carbocycles. The van der Waals surface area contributed by atoms with Crippen LogP contribution in [0, 0.1) is 0 Å². The van der Waals surface area contributed by atoms with Crippen LogP contribution in [0.1, 0.15) is 13.0 Å². The van der Waals surface area contributed by atoms with E-state index in [9.17, 15) is 4.79 Å².